The number of hydrogen-bond donors (Lipinski definition) is 0. The van der Waals surface area contributed by atoms with Crippen molar-refractivity contribution in [2.75, 3.05) is 0 Å². The summed E-state index contributed by atoms with van der Waals surface area (Å²) in [4.78, 5) is 31.1. The van der Waals surface area contributed by atoms with Crippen LogP contribution < -0.4 is 5.56 Å². The van der Waals surface area contributed by atoms with Gasteiger partial charge >= 0.3 is 0 Å². The summed E-state index contributed by atoms with van der Waals surface area (Å²) in [5, 5.41) is 0. The highest BCUT2D eigenvalue weighted by Gasteiger charge is 2.40. The third-order valence-corrected chi connectivity index (χ3v) is 5.16. The van der Waals surface area contributed by atoms with Gasteiger partial charge in [-0.05, 0) is 38.5 Å². The first kappa shape index (κ1) is 13.7. The molecule has 2 aliphatic heterocycles. The molecule has 0 spiro atoms. The van der Waals surface area contributed by atoms with E-state index in [9.17, 15) is 9.59 Å². The molecule has 1 aromatic heterocycles. The first-order valence-corrected chi connectivity index (χ1v) is 8.16. The lowest BCUT2D eigenvalue weighted by molar-refractivity contribution is -0.135. The van der Waals surface area contributed by atoms with Crippen LogP contribution in [-0.4, -0.2) is 32.4 Å². The maximum atomic E-state index is 12.6. The molecule has 2 unspecified atom stereocenters. The molecular weight excluding hydrogens is 278 g/mol. The Labute approximate surface area is 129 Å². The second-order valence-electron chi connectivity index (χ2n) is 6.90. The zero-order chi connectivity index (χ0) is 15.3. The molecule has 3 heterocycles. The zero-order valence-corrected chi connectivity index (χ0v) is 12.7. The summed E-state index contributed by atoms with van der Waals surface area (Å²) in [6.07, 6.45) is 7.73. The highest BCUT2D eigenvalue weighted by molar-refractivity contribution is 5.77. The fourth-order valence-corrected chi connectivity index (χ4v) is 3.91. The molecule has 22 heavy (non-hydrogen) atoms. The predicted octanol–water partition coefficient (Wildman–Crippen LogP) is 1.83. The highest BCUT2D eigenvalue weighted by Crippen LogP contribution is 2.38. The van der Waals surface area contributed by atoms with Crippen molar-refractivity contribution >= 4 is 5.91 Å². The van der Waals surface area contributed by atoms with Gasteiger partial charge in [0.25, 0.3) is 5.56 Å². The van der Waals surface area contributed by atoms with E-state index in [-0.39, 0.29) is 30.1 Å². The van der Waals surface area contributed by atoms with Crippen LogP contribution in [0.4, 0.5) is 0 Å². The normalized spacial score (nSPS) is 27.3. The van der Waals surface area contributed by atoms with Crippen LogP contribution in [0.15, 0.2) is 29.3 Å². The molecule has 1 aromatic rings. The average molecular weight is 299 g/mol. The number of fused-ring (bicyclic) bond motifs is 2. The van der Waals surface area contributed by atoms with Crippen LogP contribution in [0.2, 0.25) is 0 Å². The number of rotatable bonds is 3. The number of carbonyl (C=O) groups excluding carboxylic acids is 1. The second-order valence-corrected chi connectivity index (χ2v) is 6.90. The van der Waals surface area contributed by atoms with Crippen molar-refractivity contribution in [3.05, 3.63) is 40.6 Å². The van der Waals surface area contributed by atoms with Crippen molar-refractivity contribution in [1.29, 1.82) is 0 Å². The van der Waals surface area contributed by atoms with Crippen LogP contribution in [0.25, 0.3) is 0 Å². The van der Waals surface area contributed by atoms with Crippen LogP contribution in [-0.2, 0) is 11.3 Å². The molecule has 1 saturated carbocycles. The summed E-state index contributed by atoms with van der Waals surface area (Å²) >= 11 is 0. The number of carbonyl (C=O) groups is 1. The summed E-state index contributed by atoms with van der Waals surface area (Å²) < 4.78 is 1.44. The molecule has 2 saturated heterocycles. The van der Waals surface area contributed by atoms with Crippen molar-refractivity contribution in [3.63, 3.8) is 0 Å². The fourth-order valence-electron chi connectivity index (χ4n) is 3.91. The molecule has 3 fully saturated rings. The molecular formula is C17H21N3O2. The lowest BCUT2D eigenvalue weighted by atomic mass is 9.98. The second kappa shape index (κ2) is 5.07. The Kier molecular flexibility index (Phi) is 3.17. The van der Waals surface area contributed by atoms with Gasteiger partial charge in [0.05, 0.1) is 12.0 Å². The topological polar surface area (TPSA) is 55.2 Å². The molecule has 2 atom stereocenters. The quantitative estimate of drug-likeness (QED) is 0.800. The minimum Gasteiger partial charge on any atom is -0.335 e. The SMILES string of the molecule is C=C1CC2CCC(C1)N2C(=O)Cn1cnc(C2CC2)cc1=O. The van der Waals surface area contributed by atoms with Crippen LogP contribution in [0.1, 0.15) is 50.1 Å². The lowest BCUT2D eigenvalue weighted by Crippen LogP contribution is -2.46. The maximum absolute atomic E-state index is 12.6. The maximum Gasteiger partial charge on any atom is 0.254 e. The fraction of sp³-hybridized carbons (Fsp3) is 0.588. The Bertz CT molecular complexity index is 673. The smallest absolute Gasteiger partial charge is 0.254 e. The molecule has 116 valence electrons. The van der Waals surface area contributed by atoms with E-state index in [0.717, 1.165) is 44.2 Å². The predicted molar refractivity (Wildman–Crippen MR) is 82.5 cm³/mol. The molecule has 0 aromatic carbocycles. The van der Waals surface area contributed by atoms with E-state index < -0.39 is 0 Å². The van der Waals surface area contributed by atoms with Crippen LogP contribution in [0, 0.1) is 0 Å². The molecule has 1 aliphatic carbocycles. The standard InChI is InChI=1S/C17H21N3O2/c1-11-6-13-4-5-14(7-11)20(13)17(22)9-19-10-18-15(8-16(19)21)12-2-3-12/h8,10,12-14H,1-7,9H2. The summed E-state index contributed by atoms with van der Waals surface area (Å²) in [7, 11) is 0. The van der Waals surface area contributed by atoms with E-state index in [1.807, 2.05) is 4.90 Å². The monoisotopic (exact) mass is 299 g/mol. The Balaban J connectivity index is 1.50. The van der Waals surface area contributed by atoms with Gasteiger partial charge < -0.3 is 4.90 Å². The molecule has 0 N–H and O–H groups in total. The number of aromatic nitrogens is 2. The molecule has 2 bridgehead atoms. The van der Waals surface area contributed by atoms with E-state index in [0.29, 0.717) is 5.92 Å². The zero-order valence-electron chi connectivity index (χ0n) is 12.7. The van der Waals surface area contributed by atoms with Gasteiger partial charge in [0.2, 0.25) is 5.91 Å². The summed E-state index contributed by atoms with van der Waals surface area (Å²) in [5.74, 6) is 0.505. The Morgan fingerprint density at radius 3 is 2.50 bits per heavy atom. The van der Waals surface area contributed by atoms with Gasteiger partial charge in [-0.15, -0.1) is 0 Å². The first-order chi connectivity index (χ1) is 10.6. The summed E-state index contributed by atoms with van der Waals surface area (Å²) in [5.41, 5.74) is 2.02. The van der Waals surface area contributed by atoms with Gasteiger partial charge in [-0.25, -0.2) is 4.98 Å². The average Bonchev–Trinajstić information content (AvgIpc) is 3.27. The van der Waals surface area contributed by atoms with Crippen molar-refractivity contribution in [1.82, 2.24) is 14.5 Å². The van der Waals surface area contributed by atoms with Crippen LogP contribution >= 0.6 is 0 Å². The third kappa shape index (κ3) is 2.38. The number of piperidine rings is 1. The minimum atomic E-state index is -0.112. The molecule has 0 radical (unpaired) electrons. The molecule has 4 rings (SSSR count). The van der Waals surface area contributed by atoms with E-state index >= 15 is 0 Å². The van der Waals surface area contributed by atoms with Crippen LogP contribution in [0.3, 0.4) is 0 Å². The van der Waals surface area contributed by atoms with Crippen LogP contribution in [0.5, 0.6) is 0 Å². The van der Waals surface area contributed by atoms with E-state index in [4.69, 9.17) is 0 Å². The molecule has 3 aliphatic rings. The third-order valence-electron chi connectivity index (χ3n) is 5.16. The molecule has 5 nitrogen and oxygen atoms in total. The summed E-state index contributed by atoms with van der Waals surface area (Å²) in [6.45, 7) is 4.18. The summed E-state index contributed by atoms with van der Waals surface area (Å²) in [6, 6.07) is 2.17. The van der Waals surface area contributed by atoms with Gasteiger partial charge in [-0.2, -0.15) is 0 Å². The Morgan fingerprint density at radius 2 is 1.91 bits per heavy atom. The van der Waals surface area contributed by atoms with E-state index in [2.05, 4.69) is 11.6 Å². The van der Waals surface area contributed by atoms with Gasteiger partial charge in [0.15, 0.2) is 0 Å². The highest BCUT2D eigenvalue weighted by atomic mass is 16.2. The Hall–Kier alpha value is -1.91. The van der Waals surface area contributed by atoms with E-state index in [1.54, 1.807) is 12.4 Å². The minimum absolute atomic E-state index is 0.0445. The molecule has 5 heteroatoms. The Morgan fingerprint density at radius 1 is 1.23 bits per heavy atom. The molecule has 1 amide bonds. The largest absolute Gasteiger partial charge is 0.335 e. The van der Waals surface area contributed by atoms with Crippen molar-refractivity contribution in [2.45, 2.75) is 63.1 Å². The van der Waals surface area contributed by atoms with Gasteiger partial charge in [-0.1, -0.05) is 12.2 Å². The number of amides is 1. The van der Waals surface area contributed by atoms with Gasteiger partial charge in [0.1, 0.15) is 6.54 Å². The van der Waals surface area contributed by atoms with Crippen molar-refractivity contribution in [3.8, 4) is 0 Å². The van der Waals surface area contributed by atoms with Crippen molar-refractivity contribution in [2.24, 2.45) is 0 Å². The van der Waals surface area contributed by atoms with Crippen molar-refractivity contribution < 1.29 is 4.79 Å². The number of nitrogens with zero attached hydrogens (tertiary/aromatic N) is 3. The van der Waals surface area contributed by atoms with Gasteiger partial charge in [-0.3, -0.25) is 14.2 Å². The number of hydrogen-bond acceptors (Lipinski definition) is 3. The van der Waals surface area contributed by atoms with Gasteiger partial charge in [0, 0.05) is 24.1 Å². The van der Waals surface area contributed by atoms with E-state index in [1.165, 1.54) is 10.1 Å². The lowest BCUT2D eigenvalue weighted by Gasteiger charge is -2.36. The first-order valence-electron chi connectivity index (χ1n) is 8.16.